The molecule has 1 amide bonds. The SMILES string of the molecule is CCCCn1c(N)c(N(C)C(=O)/C=C/c2cccs2)c(=O)[nH]c1=O. The second-order valence-electron chi connectivity index (χ2n) is 5.24. The number of rotatable bonds is 6. The van der Waals surface area contributed by atoms with Crippen LogP contribution in [0, 0.1) is 0 Å². The molecule has 8 heteroatoms. The molecule has 0 saturated heterocycles. The number of thiophene rings is 1. The molecule has 0 atom stereocenters. The number of hydrogen-bond donors (Lipinski definition) is 2. The average molecular weight is 348 g/mol. The summed E-state index contributed by atoms with van der Waals surface area (Å²) >= 11 is 1.50. The summed E-state index contributed by atoms with van der Waals surface area (Å²) in [4.78, 5) is 40.6. The van der Waals surface area contributed by atoms with Gasteiger partial charge < -0.3 is 10.6 Å². The van der Waals surface area contributed by atoms with Gasteiger partial charge in [0.2, 0.25) is 0 Å². The van der Waals surface area contributed by atoms with Gasteiger partial charge in [-0.25, -0.2) is 4.79 Å². The predicted molar refractivity (Wildman–Crippen MR) is 97.4 cm³/mol. The quantitative estimate of drug-likeness (QED) is 0.775. The van der Waals surface area contributed by atoms with E-state index in [0.717, 1.165) is 22.6 Å². The maximum atomic E-state index is 12.3. The van der Waals surface area contributed by atoms with Gasteiger partial charge in [0.15, 0.2) is 5.69 Å². The normalized spacial score (nSPS) is 11.1. The zero-order valence-corrected chi connectivity index (χ0v) is 14.4. The second kappa shape index (κ2) is 7.78. The number of nitrogens with zero attached hydrogens (tertiary/aromatic N) is 2. The lowest BCUT2D eigenvalue weighted by atomic mass is 10.3. The van der Waals surface area contributed by atoms with Crippen LogP contribution < -0.4 is 21.9 Å². The molecule has 2 aromatic rings. The third-order valence-electron chi connectivity index (χ3n) is 3.55. The first-order chi connectivity index (χ1) is 11.5. The highest BCUT2D eigenvalue weighted by Gasteiger charge is 2.19. The van der Waals surface area contributed by atoms with E-state index < -0.39 is 17.2 Å². The van der Waals surface area contributed by atoms with Crippen molar-refractivity contribution in [2.75, 3.05) is 17.7 Å². The molecule has 0 fully saturated rings. The van der Waals surface area contributed by atoms with Gasteiger partial charge in [-0.1, -0.05) is 19.4 Å². The van der Waals surface area contributed by atoms with E-state index in [1.54, 1.807) is 6.08 Å². The summed E-state index contributed by atoms with van der Waals surface area (Å²) in [6, 6.07) is 3.76. The van der Waals surface area contributed by atoms with Crippen LogP contribution in [0.25, 0.3) is 6.08 Å². The van der Waals surface area contributed by atoms with Gasteiger partial charge in [0.1, 0.15) is 5.82 Å². The molecule has 0 spiro atoms. The van der Waals surface area contributed by atoms with Crippen molar-refractivity contribution in [1.82, 2.24) is 9.55 Å². The largest absolute Gasteiger partial charge is 0.383 e. The number of anilines is 2. The van der Waals surface area contributed by atoms with Crippen LogP contribution >= 0.6 is 11.3 Å². The number of nitrogen functional groups attached to an aromatic ring is 1. The average Bonchev–Trinajstić information content (AvgIpc) is 3.05. The predicted octanol–water partition coefficient (Wildman–Crippen LogP) is 1.66. The first-order valence-electron chi connectivity index (χ1n) is 7.57. The number of carbonyl (C=O) groups excluding carboxylic acids is 1. The summed E-state index contributed by atoms with van der Waals surface area (Å²) in [5.41, 5.74) is 4.72. The third-order valence-corrected chi connectivity index (χ3v) is 4.39. The summed E-state index contributed by atoms with van der Waals surface area (Å²) in [6.07, 6.45) is 4.65. The van der Waals surface area contributed by atoms with E-state index in [-0.39, 0.29) is 11.5 Å². The molecule has 0 unspecified atom stereocenters. The number of likely N-dealkylation sites (N-methyl/N-ethyl adjacent to an activating group) is 1. The second-order valence-corrected chi connectivity index (χ2v) is 6.22. The lowest BCUT2D eigenvalue weighted by Crippen LogP contribution is -2.38. The van der Waals surface area contributed by atoms with Crippen molar-refractivity contribution in [3.8, 4) is 0 Å². The van der Waals surface area contributed by atoms with Gasteiger partial charge in [-0.05, 0) is 23.9 Å². The number of aromatic amines is 1. The molecule has 0 radical (unpaired) electrons. The number of H-pyrrole nitrogens is 1. The number of carbonyl (C=O) groups is 1. The Hall–Kier alpha value is -2.61. The van der Waals surface area contributed by atoms with Crippen molar-refractivity contribution >= 4 is 34.8 Å². The fourth-order valence-corrected chi connectivity index (χ4v) is 2.82. The summed E-state index contributed by atoms with van der Waals surface area (Å²) in [6.45, 7) is 2.37. The zero-order chi connectivity index (χ0) is 17.7. The van der Waals surface area contributed by atoms with E-state index >= 15 is 0 Å². The summed E-state index contributed by atoms with van der Waals surface area (Å²) in [5.74, 6) is -0.404. The zero-order valence-electron chi connectivity index (χ0n) is 13.6. The Morgan fingerprint density at radius 2 is 2.21 bits per heavy atom. The number of nitrogens with one attached hydrogen (secondary N) is 1. The van der Waals surface area contributed by atoms with Crippen LogP contribution in [0.1, 0.15) is 24.6 Å². The molecule has 2 rings (SSSR count). The molecule has 0 bridgehead atoms. The van der Waals surface area contributed by atoms with Crippen molar-refractivity contribution in [2.24, 2.45) is 0 Å². The molecule has 7 nitrogen and oxygen atoms in total. The molecule has 2 heterocycles. The molecular weight excluding hydrogens is 328 g/mol. The molecule has 0 aliphatic rings. The summed E-state index contributed by atoms with van der Waals surface area (Å²) in [5, 5.41) is 1.90. The highest BCUT2D eigenvalue weighted by Crippen LogP contribution is 2.17. The highest BCUT2D eigenvalue weighted by molar-refractivity contribution is 7.10. The van der Waals surface area contributed by atoms with Gasteiger partial charge in [-0.15, -0.1) is 11.3 Å². The first kappa shape index (κ1) is 17.7. The molecule has 0 aliphatic heterocycles. The highest BCUT2D eigenvalue weighted by atomic mass is 32.1. The van der Waals surface area contributed by atoms with Crippen molar-refractivity contribution in [2.45, 2.75) is 26.3 Å². The minimum Gasteiger partial charge on any atom is -0.383 e. The fourth-order valence-electron chi connectivity index (χ4n) is 2.20. The number of amides is 1. The topological polar surface area (TPSA) is 101 Å². The maximum absolute atomic E-state index is 12.3. The van der Waals surface area contributed by atoms with Crippen molar-refractivity contribution < 1.29 is 4.79 Å². The van der Waals surface area contributed by atoms with Crippen LogP contribution in [0.5, 0.6) is 0 Å². The van der Waals surface area contributed by atoms with Crippen molar-refractivity contribution in [3.63, 3.8) is 0 Å². The van der Waals surface area contributed by atoms with Gasteiger partial charge in [0.25, 0.3) is 11.5 Å². The molecule has 0 aromatic carbocycles. The van der Waals surface area contributed by atoms with Crippen LogP contribution in [0.2, 0.25) is 0 Å². The fraction of sp³-hybridized carbons (Fsp3) is 0.312. The smallest absolute Gasteiger partial charge is 0.330 e. The molecule has 3 N–H and O–H groups in total. The van der Waals surface area contributed by atoms with Gasteiger partial charge in [0.05, 0.1) is 0 Å². The van der Waals surface area contributed by atoms with Gasteiger partial charge in [-0.3, -0.25) is 19.1 Å². The number of unbranched alkanes of at least 4 members (excludes halogenated alkanes) is 1. The third kappa shape index (κ3) is 3.83. The minimum atomic E-state index is -0.675. The summed E-state index contributed by atoms with van der Waals surface area (Å²) in [7, 11) is 1.46. The Morgan fingerprint density at radius 3 is 2.83 bits per heavy atom. The lowest BCUT2D eigenvalue weighted by molar-refractivity contribution is -0.113. The van der Waals surface area contributed by atoms with Crippen molar-refractivity contribution in [1.29, 1.82) is 0 Å². The van der Waals surface area contributed by atoms with Crippen molar-refractivity contribution in [3.05, 3.63) is 49.3 Å². The number of nitrogens with two attached hydrogens (primary N) is 1. The van der Waals surface area contributed by atoms with E-state index in [2.05, 4.69) is 4.98 Å². The minimum absolute atomic E-state index is 0.00225. The monoisotopic (exact) mass is 348 g/mol. The molecule has 24 heavy (non-hydrogen) atoms. The Morgan fingerprint density at radius 1 is 1.46 bits per heavy atom. The van der Waals surface area contributed by atoms with Gasteiger partial charge >= 0.3 is 5.69 Å². The van der Waals surface area contributed by atoms with Crippen LogP contribution in [0.3, 0.4) is 0 Å². The van der Waals surface area contributed by atoms with Gasteiger partial charge in [0, 0.05) is 24.5 Å². The van der Waals surface area contributed by atoms with Crippen LogP contribution in [0.15, 0.2) is 33.2 Å². The van der Waals surface area contributed by atoms with E-state index in [1.807, 2.05) is 24.4 Å². The lowest BCUT2D eigenvalue weighted by Gasteiger charge is -2.19. The van der Waals surface area contributed by atoms with Crippen LogP contribution in [-0.4, -0.2) is 22.5 Å². The van der Waals surface area contributed by atoms with E-state index in [9.17, 15) is 14.4 Å². The Kier molecular flexibility index (Phi) is 5.75. The molecule has 0 aliphatic carbocycles. The molecule has 2 aromatic heterocycles. The van der Waals surface area contributed by atoms with Crippen LogP contribution in [-0.2, 0) is 11.3 Å². The van der Waals surface area contributed by atoms with E-state index in [4.69, 9.17) is 5.73 Å². The Balaban J connectivity index is 2.34. The first-order valence-corrected chi connectivity index (χ1v) is 8.45. The maximum Gasteiger partial charge on any atom is 0.330 e. The van der Waals surface area contributed by atoms with E-state index in [1.165, 1.54) is 29.0 Å². The molecule has 0 saturated carbocycles. The van der Waals surface area contributed by atoms with Gasteiger partial charge in [-0.2, -0.15) is 0 Å². The standard InChI is InChI=1S/C16H20N4O3S/c1-3-4-9-20-14(17)13(15(22)18-16(20)23)19(2)12(21)8-7-11-6-5-10-24-11/h5-8,10H,3-4,9,17H2,1-2H3,(H,18,22,23)/b8-7+. The molecular formula is C16H20N4O3S. The summed E-state index contributed by atoms with van der Waals surface area (Å²) < 4.78 is 1.28. The molecule has 128 valence electrons. The number of aromatic nitrogens is 2. The number of hydrogen-bond acceptors (Lipinski definition) is 5. The van der Waals surface area contributed by atoms with Crippen LogP contribution in [0.4, 0.5) is 11.5 Å². The Bertz CT molecular complexity index is 849. The Labute approximate surface area is 143 Å². The van der Waals surface area contributed by atoms with E-state index in [0.29, 0.717) is 6.54 Å².